The van der Waals surface area contributed by atoms with Gasteiger partial charge in [-0.15, -0.1) is 11.3 Å². The van der Waals surface area contributed by atoms with Gasteiger partial charge >= 0.3 is 0 Å². The van der Waals surface area contributed by atoms with Crippen LogP contribution in [0.4, 0.5) is 5.69 Å². The van der Waals surface area contributed by atoms with Crippen molar-refractivity contribution in [3.63, 3.8) is 0 Å². The van der Waals surface area contributed by atoms with E-state index in [9.17, 15) is 9.59 Å². The third-order valence-corrected chi connectivity index (χ3v) is 7.77. The third-order valence-electron chi connectivity index (χ3n) is 4.52. The zero-order valence-electron chi connectivity index (χ0n) is 14.6. The fourth-order valence-electron chi connectivity index (χ4n) is 3.17. The average molecular weight is 475 g/mol. The first-order valence-electron chi connectivity index (χ1n) is 8.43. The van der Waals surface area contributed by atoms with E-state index in [-0.39, 0.29) is 17.2 Å². The van der Waals surface area contributed by atoms with E-state index in [4.69, 9.17) is 34.8 Å². The average Bonchev–Trinajstić information content (AvgIpc) is 3.22. The van der Waals surface area contributed by atoms with Crippen LogP contribution in [0.2, 0.25) is 15.1 Å². The minimum atomic E-state index is -0.284. The van der Waals surface area contributed by atoms with E-state index < -0.39 is 0 Å². The lowest BCUT2D eigenvalue weighted by atomic mass is 10.2. The number of fused-ring (bicyclic) bond motifs is 3. The molecule has 0 spiro atoms. The van der Waals surface area contributed by atoms with E-state index in [1.165, 1.54) is 33.3 Å². The Morgan fingerprint density at radius 3 is 2.79 bits per heavy atom. The predicted octanol–water partition coefficient (Wildman–Crippen LogP) is 5.17. The molecule has 10 heteroatoms. The maximum atomic E-state index is 12.8. The van der Waals surface area contributed by atoms with Gasteiger partial charge in [-0.05, 0) is 37.0 Å². The number of rotatable bonds is 4. The highest BCUT2D eigenvalue weighted by molar-refractivity contribution is 7.99. The molecular formula is C18H14Cl3N3O2S2. The molecule has 4 rings (SSSR count). The molecule has 0 saturated carbocycles. The molecule has 0 atom stereocenters. The number of halogens is 3. The van der Waals surface area contributed by atoms with E-state index in [1.807, 2.05) is 0 Å². The van der Waals surface area contributed by atoms with Gasteiger partial charge in [0.1, 0.15) is 4.83 Å². The van der Waals surface area contributed by atoms with Gasteiger partial charge in [0.05, 0.1) is 31.9 Å². The summed E-state index contributed by atoms with van der Waals surface area (Å²) < 4.78 is 1.51. The summed E-state index contributed by atoms with van der Waals surface area (Å²) >= 11 is 20.7. The van der Waals surface area contributed by atoms with Gasteiger partial charge in [-0.25, -0.2) is 4.98 Å². The molecule has 0 radical (unpaired) electrons. The molecule has 1 aliphatic rings. The number of hydrogen-bond donors (Lipinski definition) is 1. The number of aromatic nitrogens is 2. The van der Waals surface area contributed by atoms with Gasteiger partial charge in [0, 0.05) is 11.9 Å². The summed E-state index contributed by atoms with van der Waals surface area (Å²) in [6, 6.07) is 2.98. The Balaban J connectivity index is 1.53. The van der Waals surface area contributed by atoms with Crippen LogP contribution in [0.5, 0.6) is 0 Å². The number of thioether (sulfide) groups is 1. The quantitative estimate of drug-likeness (QED) is 0.322. The lowest BCUT2D eigenvalue weighted by Crippen LogP contribution is -2.21. The number of amides is 1. The Hall–Kier alpha value is -1.25. The number of carbonyl (C=O) groups excluding carboxylic acids is 1. The molecule has 0 aliphatic heterocycles. The summed E-state index contributed by atoms with van der Waals surface area (Å²) in [5.74, 6) is -0.207. The van der Waals surface area contributed by atoms with Gasteiger partial charge in [0.25, 0.3) is 5.56 Å². The Bertz CT molecular complexity index is 1170. The summed E-state index contributed by atoms with van der Waals surface area (Å²) in [5.41, 5.74) is 1.48. The number of nitrogens with zero attached hydrogens (tertiary/aromatic N) is 2. The minimum Gasteiger partial charge on any atom is -0.324 e. The summed E-state index contributed by atoms with van der Waals surface area (Å²) in [7, 11) is 1.68. The Labute approximate surface area is 184 Å². The number of hydrogen-bond acceptors (Lipinski definition) is 5. The molecule has 0 saturated heterocycles. The summed E-state index contributed by atoms with van der Waals surface area (Å²) in [6.45, 7) is 0. The fourth-order valence-corrected chi connectivity index (χ4v) is 5.84. The minimum absolute atomic E-state index is 0.0557. The van der Waals surface area contributed by atoms with E-state index >= 15 is 0 Å². The molecule has 3 aromatic rings. The van der Waals surface area contributed by atoms with Gasteiger partial charge in [-0.3, -0.25) is 14.2 Å². The number of benzene rings is 1. The molecule has 1 amide bonds. The van der Waals surface area contributed by atoms with Crippen molar-refractivity contribution in [2.45, 2.75) is 24.4 Å². The zero-order valence-corrected chi connectivity index (χ0v) is 18.5. The van der Waals surface area contributed by atoms with Crippen LogP contribution in [0, 0.1) is 0 Å². The molecular weight excluding hydrogens is 461 g/mol. The number of anilines is 1. The van der Waals surface area contributed by atoms with Crippen molar-refractivity contribution in [1.82, 2.24) is 9.55 Å². The summed E-state index contributed by atoms with van der Waals surface area (Å²) in [4.78, 5) is 31.8. The molecule has 1 N–H and O–H groups in total. The van der Waals surface area contributed by atoms with Crippen LogP contribution >= 0.6 is 57.9 Å². The van der Waals surface area contributed by atoms with E-state index in [1.54, 1.807) is 18.4 Å². The zero-order chi connectivity index (χ0) is 20.0. The van der Waals surface area contributed by atoms with E-state index in [0.29, 0.717) is 25.9 Å². The molecule has 5 nitrogen and oxygen atoms in total. The van der Waals surface area contributed by atoms with Crippen LogP contribution in [0.3, 0.4) is 0 Å². The first kappa shape index (κ1) is 20.0. The Kier molecular flexibility index (Phi) is 5.64. The second-order valence-electron chi connectivity index (χ2n) is 6.38. The fraction of sp³-hybridized carbons (Fsp3) is 0.278. The topological polar surface area (TPSA) is 64.0 Å². The van der Waals surface area contributed by atoms with Crippen molar-refractivity contribution in [1.29, 1.82) is 0 Å². The molecule has 146 valence electrons. The number of nitrogens with one attached hydrogen (secondary N) is 1. The van der Waals surface area contributed by atoms with Crippen molar-refractivity contribution in [3.05, 3.63) is 48.0 Å². The molecule has 0 fully saturated rings. The normalized spacial score (nSPS) is 13.1. The molecule has 1 aliphatic carbocycles. The largest absolute Gasteiger partial charge is 0.324 e. The standard InChI is InChI=1S/C18H14Cl3N3O2S2/c1-24-17(26)15-8-3-2-4-13(8)28-16(15)23-18(24)27-7-14(25)22-12-6-10(20)9(19)5-11(12)21/h5-6H,2-4,7H2,1H3,(H,22,25). The van der Waals surface area contributed by atoms with Crippen molar-refractivity contribution in [3.8, 4) is 0 Å². The first-order chi connectivity index (χ1) is 13.3. The van der Waals surface area contributed by atoms with Gasteiger partial charge in [0.2, 0.25) is 5.91 Å². The second-order valence-corrected chi connectivity index (χ2v) is 9.63. The third kappa shape index (κ3) is 3.66. The van der Waals surface area contributed by atoms with Crippen LogP contribution in [-0.2, 0) is 24.7 Å². The SMILES string of the molecule is Cn1c(SCC(=O)Nc2cc(Cl)c(Cl)cc2Cl)nc2sc3c(c2c1=O)CCC3. The van der Waals surface area contributed by atoms with Gasteiger partial charge < -0.3 is 5.32 Å². The van der Waals surface area contributed by atoms with Gasteiger partial charge in [-0.2, -0.15) is 0 Å². The van der Waals surface area contributed by atoms with E-state index in [2.05, 4.69) is 10.3 Å². The highest BCUT2D eigenvalue weighted by Crippen LogP contribution is 2.36. The summed E-state index contributed by atoms with van der Waals surface area (Å²) in [5, 5.41) is 4.86. The Morgan fingerprint density at radius 1 is 1.25 bits per heavy atom. The molecule has 0 unspecified atom stereocenters. The van der Waals surface area contributed by atoms with Crippen LogP contribution in [0.15, 0.2) is 22.1 Å². The molecule has 2 aromatic heterocycles. The lowest BCUT2D eigenvalue weighted by Gasteiger charge is -2.10. The monoisotopic (exact) mass is 473 g/mol. The number of carbonyl (C=O) groups is 1. The van der Waals surface area contributed by atoms with Gasteiger partial charge in [0.15, 0.2) is 5.16 Å². The molecule has 2 heterocycles. The highest BCUT2D eigenvalue weighted by atomic mass is 35.5. The van der Waals surface area contributed by atoms with Crippen LogP contribution < -0.4 is 10.9 Å². The maximum Gasteiger partial charge on any atom is 0.262 e. The first-order valence-corrected chi connectivity index (χ1v) is 11.4. The van der Waals surface area contributed by atoms with Crippen molar-refractivity contribution < 1.29 is 4.79 Å². The smallest absolute Gasteiger partial charge is 0.262 e. The van der Waals surface area contributed by atoms with Crippen LogP contribution in [0.25, 0.3) is 10.2 Å². The van der Waals surface area contributed by atoms with E-state index in [0.717, 1.165) is 35.0 Å². The Morgan fingerprint density at radius 2 is 2.00 bits per heavy atom. The molecule has 1 aromatic carbocycles. The highest BCUT2D eigenvalue weighted by Gasteiger charge is 2.22. The van der Waals surface area contributed by atoms with Gasteiger partial charge in [-0.1, -0.05) is 46.6 Å². The lowest BCUT2D eigenvalue weighted by molar-refractivity contribution is -0.113. The summed E-state index contributed by atoms with van der Waals surface area (Å²) in [6.07, 6.45) is 3.04. The second kappa shape index (κ2) is 7.88. The number of thiophene rings is 1. The van der Waals surface area contributed by atoms with Crippen molar-refractivity contribution >= 4 is 79.7 Å². The maximum absolute atomic E-state index is 12.8. The van der Waals surface area contributed by atoms with Crippen LogP contribution in [-0.4, -0.2) is 21.2 Å². The molecule has 28 heavy (non-hydrogen) atoms. The van der Waals surface area contributed by atoms with Crippen LogP contribution in [0.1, 0.15) is 16.9 Å². The van der Waals surface area contributed by atoms with Crippen molar-refractivity contribution in [2.75, 3.05) is 11.1 Å². The predicted molar refractivity (Wildman–Crippen MR) is 118 cm³/mol. The van der Waals surface area contributed by atoms with Crippen molar-refractivity contribution in [2.24, 2.45) is 7.05 Å². The molecule has 0 bridgehead atoms. The number of aryl methyl sites for hydroxylation is 2.